The fourth-order valence-corrected chi connectivity index (χ4v) is 3.72. The average molecular weight is 404 g/mol. The molecule has 4 nitrogen and oxygen atoms in total. The molecule has 0 spiro atoms. The molecule has 1 saturated carbocycles. The molecular formula is C20H22BrNO3. The Kier molecular flexibility index (Phi) is 4.86. The van der Waals surface area contributed by atoms with E-state index in [1.807, 2.05) is 18.2 Å². The lowest BCUT2D eigenvalue weighted by Crippen LogP contribution is -2.23. The van der Waals surface area contributed by atoms with Crippen LogP contribution in [0.25, 0.3) is 0 Å². The molecule has 25 heavy (non-hydrogen) atoms. The normalized spacial score (nSPS) is 17.2. The van der Waals surface area contributed by atoms with Gasteiger partial charge in [0.15, 0.2) is 11.5 Å². The predicted octanol–water partition coefficient (Wildman–Crippen LogP) is 4.47. The average Bonchev–Trinajstić information content (AvgIpc) is 3.48. The number of methoxy groups -OCH3 is 1. The van der Waals surface area contributed by atoms with E-state index in [0.717, 1.165) is 28.3 Å². The molecule has 5 heteroatoms. The van der Waals surface area contributed by atoms with E-state index < -0.39 is 0 Å². The Bertz CT molecular complexity index is 743. The minimum atomic E-state index is 0.367. The predicted molar refractivity (Wildman–Crippen MR) is 100 cm³/mol. The fourth-order valence-electron chi connectivity index (χ4n) is 3.26. The van der Waals surface area contributed by atoms with Gasteiger partial charge >= 0.3 is 0 Å². The zero-order chi connectivity index (χ0) is 17.2. The number of ether oxygens (including phenoxy) is 3. The van der Waals surface area contributed by atoms with Gasteiger partial charge in [-0.25, -0.2) is 0 Å². The Hall–Kier alpha value is -1.72. The van der Waals surface area contributed by atoms with Crippen LogP contribution in [0, 0.1) is 5.92 Å². The first kappa shape index (κ1) is 16.7. The summed E-state index contributed by atoms with van der Waals surface area (Å²) in [5, 5.41) is 3.73. The molecule has 1 fully saturated rings. The summed E-state index contributed by atoms with van der Waals surface area (Å²) in [6, 6.07) is 12.8. The van der Waals surface area contributed by atoms with Crippen LogP contribution in [-0.2, 0) is 6.54 Å². The molecule has 2 aromatic carbocycles. The van der Waals surface area contributed by atoms with Crippen molar-refractivity contribution >= 4 is 15.9 Å². The van der Waals surface area contributed by atoms with Crippen molar-refractivity contribution in [3.05, 3.63) is 52.0 Å². The maximum absolute atomic E-state index is 5.71. The Morgan fingerprint density at radius 2 is 1.80 bits per heavy atom. The zero-order valence-corrected chi connectivity index (χ0v) is 15.8. The molecule has 0 amide bonds. The van der Waals surface area contributed by atoms with Gasteiger partial charge in [-0.15, -0.1) is 0 Å². The van der Waals surface area contributed by atoms with E-state index in [-0.39, 0.29) is 0 Å². The quantitative estimate of drug-likeness (QED) is 0.771. The maximum Gasteiger partial charge on any atom is 0.162 e. The summed E-state index contributed by atoms with van der Waals surface area (Å²) in [7, 11) is 1.70. The molecule has 1 atom stereocenters. The van der Waals surface area contributed by atoms with Crippen molar-refractivity contribution < 1.29 is 14.2 Å². The largest absolute Gasteiger partial charge is 0.497 e. The van der Waals surface area contributed by atoms with Crippen LogP contribution in [0.1, 0.15) is 30.0 Å². The molecule has 2 aromatic rings. The van der Waals surface area contributed by atoms with Gasteiger partial charge in [0.05, 0.1) is 7.11 Å². The second kappa shape index (κ2) is 7.26. The van der Waals surface area contributed by atoms with Gasteiger partial charge in [0, 0.05) is 17.1 Å². The molecule has 4 rings (SSSR count). The second-order valence-corrected chi connectivity index (χ2v) is 7.41. The van der Waals surface area contributed by atoms with Crippen LogP contribution in [0.3, 0.4) is 0 Å². The SMILES string of the molecule is COc1ccc(C(NCc2cc3c(cc2Br)OCCO3)C2CC2)cc1. The maximum atomic E-state index is 5.71. The molecule has 1 aliphatic heterocycles. The van der Waals surface area contributed by atoms with Crippen LogP contribution in [0.15, 0.2) is 40.9 Å². The lowest BCUT2D eigenvalue weighted by molar-refractivity contribution is 0.171. The summed E-state index contributed by atoms with van der Waals surface area (Å²) in [5.41, 5.74) is 2.50. The van der Waals surface area contributed by atoms with Crippen LogP contribution < -0.4 is 19.5 Å². The van der Waals surface area contributed by atoms with E-state index in [1.54, 1.807) is 7.11 Å². The summed E-state index contributed by atoms with van der Waals surface area (Å²) in [6.45, 7) is 2.00. The number of rotatable bonds is 6. The van der Waals surface area contributed by atoms with Gasteiger partial charge in [0.25, 0.3) is 0 Å². The van der Waals surface area contributed by atoms with Gasteiger partial charge in [-0.05, 0) is 54.2 Å². The van der Waals surface area contributed by atoms with Crippen molar-refractivity contribution in [2.75, 3.05) is 20.3 Å². The summed E-state index contributed by atoms with van der Waals surface area (Å²) in [5.74, 6) is 3.26. The standard InChI is InChI=1S/C20H22BrNO3/c1-23-16-6-4-14(5-7-16)20(13-2-3-13)22-12-15-10-18-19(11-17(15)21)25-9-8-24-18/h4-7,10-11,13,20,22H,2-3,8-9,12H2,1H3. The molecule has 1 heterocycles. The molecule has 2 aliphatic rings. The topological polar surface area (TPSA) is 39.7 Å². The lowest BCUT2D eigenvalue weighted by Gasteiger charge is -2.22. The van der Waals surface area contributed by atoms with Crippen LogP contribution in [0.4, 0.5) is 0 Å². The van der Waals surface area contributed by atoms with E-state index in [9.17, 15) is 0 Å². The molecule has 0 bridgehead atoms. The van der Waals surface area contributed by atoms with Gasteiger partial charge in [-0.1, -0.05) is 28.1 Å². The summed E-state index contributed by atoms with van der Waals surface area (Å²) < 4.78 is 17.7. The summed E-state index contributed by atoms with van der Waals surface area (Å²) in [4.78, 5) is 0. The highest BCUT2D eigenvalue weighted by molar-refractivity contribution is 9.10. The number of benzene rings is 2. The van der Waals surface area contributed by atoms with E-state index in [2.05, 4.69) is 39.4 Å². The van der Waals surface area contributed by atoms with Crippen LogP contribution in [0.2, 0.25) is 0 Å². The van der Waals surface area contributed by atoms with Crippen LogP contribution in [0.5, 0.6) is 17.2 Å². The Morgan fingerprint density at radius 1 is 1.12 bits per heavy atom. The van der Waals surface area contributed by atoms with E-state index >= 15 is 0 Å². The van der Waals surface area contributed by atoms with Crippen LogP contribution in [-0.4, -0.2) is 20.3 Å². The number of fused-ring (bicyclic) bond motifs is 1. The third-order valence-corrected chi connectivity index (χ3v) is 5.53. The van der Waals surface area contributed by atoms with Gasteiger partial charge < -0.3 is 19.5 Å². The summed E-state index contributed by atoms with van der Waals surface area (Å²) >= 11 is 3.66. The minimum absolute atomic E-state index is 0.367. The van der Waals surface area contributed by atoms with Crippen molar-refractivity contribution in [1.82, 2.24) is 5.32 Å². The third kappa shape index (κ3) is 3.77. The Balaban J connectivity index is 1.50. The third-order valence-electron chi connectivity index (χ3n) is 4.79. The molecule has 0 radical (unpaired) electrons. The molecule has 1 aliphatic carbocycles. The van der Waals surface area contributed by atoms with Gasteiger partial charge in [-0.3, -0.25) is 0 Å². The number of halogens is 1. The van der Waals surface area contributed by atoms with Gasteiger partial charge in [0.1, 0.15) is 19.0 Å². The number of hydrogen-bond acceptors (Lipinski definition) is 4. The van der Waals surface area contributed by atoms with Crippen molar-refractivity contribution in [2.45, 2.75) is 25.4 Å². The van der Waals surface area contributed by atoms with Gasteiger partial charge in [-0.2, -0.15) is 0 Å². The molecule has 0 saturated heterocycles. The first-order valence-corrected chi connectivity index (χ1v) is 9.49. The van der Waals surface area contributed by atoms with E-state index in [1.165, 1.54) is 24.0 Å². The summed E-state index contributed by atoms with van der Waals surface area (Å²) in [6.07, 6.45) is 2.57. The lowest BCUT2D eigenvalue weighted by atomic mass is 10.0. The first-order valence-electron chi connectivity index (χ1n) is 8.70. The smallest absolute Gasteiger partial charge is 0.162 e. The number of nitrogens with one attached hydrogen (secondary N) is 1. The second-order valence-electron chi connectivity index (χ2n) is 6.56. The Labute approximate surface area is 156 Å². The molecule has 1 unspecified atom stereocenters. The molecule has 0 aromatic heterocycles. The monoisotopic (exact) mass is 403 g/mol. The highest BCUT2D eigenvalue weighted by Gasteiger charge is 2.32. The first-order chi connectivity index (χ1) is 12.2. The van der Waals surface area contributed by atoms with E-state index in [4.69, 9.17) is 14.2 Å². The highest BCUT2D eigenvalue weighted by atomic mass is 79.9. The zero-order valence-electron chi connectivity index (χ0n) is 14.3. The molecular weight excluding hydrogens is 382 g/mol. The van der Waals surface area contributed by atoms with Crippen molar-refractivity contribution in [1.29, 1.82) is 0 Å². The van der Waals surface area contributed by atoms with E-state index in [0.29, 0.717) is 25.2 Å². The van der Waals surface area contributed by atoms with Crippen molar-refractivity contribution in [3.8, 4) is 17.2 Å². The Morgan fingerprint density at radius 3 is 2.44 bits per heavy atom. The molecule has 1 N–H and O–H groups in total. The fraction of sp³-hybridized carbons (Fsp3) is 0.400. The molecule has 132 valence electrons. The van der Waals surface area contributed by atoms with Crippen molar-refractivity contribution in [2.24, 2.45) is 5.92 Å². The number of hydrogen-bond donors (Lipinski definition) is 1. The highest BCUT2D eigenvalue weighted by Crippen LogP contribution is 2.42. The van der Waals surface area contributed by atoms with Gasteiger partial charge in [0.2, 0.25) is 0 Å². The van der Waals surface area contributed by atoms with Crippen LogP contribution >= 0.6 is 15.9 Å². The van der Waals surface area contributed by atoms with Crippen molar-refractivity contribution in [3.63, 3.8) is 0 Å². The minimum Gasteiger partial charge on any atom is -0.497 e.